The average Bonchev–Trinajstić information content (AvgIpc) is 2.58. The second kappa shape index (κ2) is 7.02. The van der Waals surface area contributed by atoms with Gasteiger partial charge >= 0.3 is 8.25 Å². The van der Waals surface area contributed by atoms with E-state index in [0.717, 1.165) is 0 Å². The average molecular weight is 388 g/mol. The standard InChI is InChI=1S/C19H17O7P/c1-9(2)15(26-27(24)25)8-10-6-12-17(14(21)7-10)19(23)16-11(18(12)22)4-3-5-13(16)20/h3-9,20-21,27H,1-2H3,(H,24,25)/b15-8-. The summed E-state index contributed by atoms with van der Waals surface area (Å²) >= 11 is 0. The lowest BCUT2D eigenvalue weighted by Gasteiger charge is -2.20. The van der Waals surface area contributed by atoms with E-state index in [-0.39, 0.29) is 39.7 Å². The van der Waals surface area contributed by atoms with Crippen molar-refractivity contribution < 1.29 is 33.8 Å². The van der Waals surface area contributed by atoms with E-state index in [2.05, 4.69) is 0 Å². The van der Waals surface area contributed by atoms with E-state index in [9.17, 15) is 24.4 Å². The van der Waals surface area contributed by atoms with Crippen LogP contribution in [0.25, 0.3) is 6.08 Å². The van der Waals surface area contributed by atoms with Gasteiger partial charge in [0.2, 0.25) is 5.78 Å². The summed E-state index contributed by atoms with van der Waals surface area (Å²) in [5.74, 6) is -1.93. The van der Waals surface area contributed by atoms with Gasteiger partial charge in [0.1, 0.15) is 17.3 Å². The zero-order valence-electron chi connectivity index (χ0n) is 14.5. The van der Waals surface area contributed by atoms with Crippen molar-refractivity contribution in [1.29, 1.82) is 0 Å². The molecule has 0 aromatic heterocycles. The highest BCUT2D eigenvalue weighted by molar-refractivity contribution is 7.32. The number of phenols is 2. The van der Waals surface area contributed by atoms with Crippen LogP contribution in [0.1, 0.15) is 51.3 Å². The Morgan fingerprint density at radius 1 is 1.04 bits per heavy atom. The number of carbonyl (C=O) groups excluding carboxylic acids is 2. The predicted octanol–water partition coefficient (Wildman–Crippen LogP) is 3.27. The number of rotatable bonds is 4. The molecule has 0 saturated carbocycles. The van der Waals surface area contributed by atoms with E-state index in [1.54, 1.807) is 13.8 Å². The summed E-state index contributed by atoms with van der Waals surface area (Å²) in [6.45, 7) is 3.51. The Bertz CT molecular complexity index is 1020. The van der Waals surface area contributed by atoms with Gasteiger partial charge in [0.05, 0.1) is 11.1 Å². The van der Waals surface area contributed by atoms with Gasteiger partial charge < -0.3 is 19.6 Å². The molecule has 0 saturated heterocycles. The van der Waals surface area contributed by atoms with E-state index in [1.165, 1.54) is 36.4 Å². The molecule has 140 valence electrons. The van der Waals surface area contributed by atoms with Crippen LogP contribution in [0.2, 0.25) is 0 Å². The van der Waals surface area contributed by atoms with Crippen molar-refractivity contribution in [2.24, 2.45) is 5.92 Å². The minimum atomic E-state index is -3.22. The molecular formula is C19H17O7P. The van der Waals surface area contributed by atoms with E-state index in [0.29, 0.717) is 5.56 Å². The number of phenolic OH excluding ortho intramolecular Hbond substituents is 2. The topological polar surface area (TPSA) is 121 Å². The van der Waals surface area contributed by atoms with Crippen molar-refractivity contribution in [3.63, 3.8) is 0 Å². The number of hydrogen-bond donors (Lipinski definition) is 3. The number of fused-ring (bicyclic) bond motifs is 2. The van der Waals surface area contributed by atoms with Crippen molar-refractivity contribution in [3.05, 3.63) is 63.9 Å². The summed E-state index contributed by atoms with van der Waals surface area (Å²) in [7, 11) is -3.22. The lowest BCUT2D eigenvalue weighted by molar-refractivity contribution is 0.0974. The van der Waals surface area contributed by atoms with Gasteiger partial charge in [-0.25, -0.2) is 4.57 Å². The van der Waals surface area contributed by atoms with Crippen molar-refractivity contribution in [2.45, 2.75) is 13.8 Å². The zero-order valence-corrected chi connectivity index (χ0v) is 15.5. The van der Waals surface area contributed by atoms with Crippen LogP contribution < -0.4 is 0 Å². The molecule has 0 aliphatic heterocycles. The number of aromatic hydroxyl groups is 2. The van der Waals surface area contributed by atoms with Crippen LogP contribution in [0.3, 0.4) is 0 Å². The molecule has 0 bridgehead atoms. The summed E-state index contributed by atoms with van der Waals surface area (Å²) in [5, 5.41) is 20.3. The monoisotopic (exact) mass is 388 g/mol. The highest BCUT2D eigenvalue weighted by Gasteiger charge is 2.34. The molecule has 3 rings (SSSR count). The maximum absolute atomic E-state index is 12.8. The summed E-state index contributed by atoms with van der Waals surface area (Å²) in [4.78, 5) is 34.5. The molecule has 0 amide bonds. The van der Waals surface area contributed by atoms with Gasteiger partial charge in [-0.1, -0.05) is 26.0 Å². The summed E-state index contributed by atoms with van der Waals surface area (Å²) < 4.78 is 15.9. The maximum Gasteiger partial charge on any atom is 0.364 e. The molecule has 1 unspecified atom stereocenters. The lowest BCUT2D eigenvalue weighted by atomic mass is 9.82. The second-order valence-corrected chi connectivity index (χ2v) is 7.13. The molecule has 1 aliphatic carbocycles. The fraction of sp³-hybridized carbons (Fsp3) is 0.158. The fourth-order valence-corrected chi connectivity index (χ4v) is 3.46. The number of benzene rings is 2. The summed E-state index contributed by atoms with van der Waals surface area (Å²) in [6.07, 6.45) is 1.43. The van der Waals surface area contributed by atoms with Gasteiger partial charge in [-0.3, -0.25) is 9.59 Å². The fourth-order valence-electron chi connectivity index (χ4n) is 2.97. The quantitative estimate of drug-likeness (QED) is 0.463. The number of hydrogen-bond acceptors (Lipinski definition) is 6. The molecule has 7 nitrogen and oxygen atoms in total. The van der Waals surface area contributed by atoms with Crippen LogP contribution in [-0.4, -0.2) is 26.7 Å². The first-order valence-corrected chi connectivity index (χ1v) is 9.37. The van der Waals surface area contributed by atoms with Crippen molar-refractivity contribution in [1.82, 2.24) is 0 Å². The molecule has 2 aromatic carbocycles. The molecule has 27 heavy (non-hydrogen) atoms. The molecule has 0 fully saturated rings. The van der Waals surface area contributed by atoms with Crippen LogP contribution in [-0.2, 0) is 9.09 Å². The van der Waals surface area contributed by atoms with Gasteiger partial charge in [0.15, 0.2) is 5.78 Å². The van der Waals surface area contributed by atoms with Crippen LogP contribution in [0, 0.1) is 5.92 Å². The van der Waals surface area contributed by atoms with E-state index >= 15 is 0 Å². The highest BCUT2D eigenvalue weighted by Crippen LogP contribution is 2.38. The summed E-state index contributed by atoms with van der Waals surface area (Å²) in [5.41, 5.74) is 0.0495. The van der Waals surface area contributed by atoms with Crippen molar-refractivity contribution >= 4 is 25.9 Å². The largest absolute Gasteiger partial charge is 0.507 e. The second-order valence-electron chi connectivity index (χ2n) is 6.39. The number of allylic oxidation sites excluding steroid dienone is 1. The van der Waals surface area contributed by atoms with Gasteiger partial charge in [-0.15, -0.1) is 0 Å². The molecule has 1 aliphatic rings. The Morgan fingerprint density at radius 2 is 1.70 bits per heavy atom. The Morgan fingerprint density at radius 3 is 2.33 bits per heavy atom. The minimum absolute atomic E-state index is 0.0101. The molecule has 3 N–H and O–H groups in total. The van der Waals surface area contributed by atoms with Gasteiger partial charge in [0, 0.05) is 17.0 Å². The van der Waals surface area contributed by atoms with Crippen molar-refractivity contribution in [2.75, 3.05) is 0 Å². The first-order valence-electron chi connectivity index (χ1n) is 8.11. The Labute approximate surface area is 155 Å². The van der Waals surface area contributed by atoms with E-state index < -0.39 is 25.6 Å². The van der Waals surface area contributed by atoms with Gasteiger partial charge in [-0.05, 0) is 29.8 Å². The summed E-state index contributed by atoms with van der Waals surface area (Å²) in [6, 6.07) is 6.85. The number of carbonyl (C=O) groups is 2. The lowest BCUT2D eigenvalue weighted by Crippen LogP contribution is -2.21. The zero-order chi connectivity index (χ0) is 19.9. The van der Waals surface area contributed by atoms with Crippen LogP contribution >= 0.6 is 8.25 Å². The van der Waals surface area contributed by atoms with Crippen LogP contribution in [0.4, 0.5) is 0 Å². The highest BCUT2D eigenvalue weighted by atomic mass is 31.1. The van der Waals surface area contributed by atoms with Gasteiger partial charge in [0.25, 0.3) is 0 Å². The van der Waals surface area contributed by atoms with Crippen LogP contribution in [0.5, 0.6) is 11.5 Å². The SMILES string of the molecule is CC(C)/C(=C/c1cc(O)c2c(c1)C(=O)c1cccc(O)c1C2=O)O[PH](=O)O. The van der Waals surface area contributed by atoms with Crippen LogP contribution in [0.15, 0.2) is 36.1 Å². The molecule has 0 heterocycles. The first-order chi connectivity index (χ1) is 12.7. The third kappa shape index (κ3) is 3.39. The Hall–Kier alpha value is -2.89. The molecule has 1 atom stereocenters. The normalized spacial score (nSPS) is 14.7. The molecule has 2 aromatic rings. The number of ketones is 2. The van der Waals surface area contributed by atoms with Crippen molar-refractivity contribution in [3.8, 4) is 11.5 Å². The smallest absolute Gasteiger partial charge is 0.364 e. The molecule has 8 heteroatoms. The van der Waals surface area contributed by atoms with E-state index in [1.807, 2.05) is 0 Å². The third-order valence-corrected chi connectivity index (χ3v) is 4.62. The maximum atomic E-state index is 12.8. The molecule has 0 radical (unpaired) electrons. The first kappa shape index (κ1) is 18.9. The minimum Gasteiger partial charge on any atom is -0.507 e. The third-order valence-electron chi connectivity index (χ3n) is 4.21. The Balaban J connectivity index is 2.17. The van der Waals surface area contributed by atoms with E-state index in [4.69, 9.17) is 9.42 Å². The molecule has 0 spiro atoms. The molecular weight excluding hydrogens is 371 g/mol. The Kier molecular flexibility index (Phi) is 4.91. The predicted molar refractivity (Wildman–Crippen MR) is 98.2 cm³/mol. The van der Waals surface area contributed by atoms with Gasteiger partial charge in [-0.2, -0.15) is 0 Å².